The molecule has 0 radical (unpaired) electrons. The van der Waals surface area contributed by atoms with E-state index in [0.717, 1.165) is 24.4 Å². The van der Waals surface area contributed by atoms with Gasteiger partial charge < -0.3 is 23.7 Å². The van der Waals surface area contributed by atoms with Crippen LogP contribution >= 0.6 is 0 Å². The highest BCUT2D eigenvalue weighted by Crippen LogP contribution is 2.41. The van der Waals surface area contributed by atoms with Gasteiger partial charge in [0.25, 0.3) is 0 Å². The summed E-state index contributed by atoms with van der Waals surface area (Å²) in [5.74, 6) is -0.801. The van der Waals surface area contributed by atoms with E-state index in [1.54, 1.807) is 21.3 Å². The van der Waals surface area contributed by atoms with Gasteiger partial charge in [-0.3, -0.25) is 0 Å². The fourth-order valence-electron chi connectivity index (χ4n) is 2.46. The first-order valence-electron chi connectivity index (χ1n) is 6.31. The number of hydrogen-bond acceptors (Lipinski definition) is 5. The highest BCUT2D eigenvalue weighted by atomic mass is 28.4. The molecule has 6 heteroatoms. The molecule has 1 aliphatic rings. The summed E-state index contributed by atoms with van der Waals surface area (Å²) in [6.07, 6.45) is 1.71. The Morgan fingerprint density at radius 3 is 2.32 bits per heavy atom. The molecule has 1 heterocycles. The number of anilines is 1. The molecule has 0 spiro atoms. The molecule has 0 amide bonds. The highest BCUT2D eigenvalue weighted by molar-refractivity contribution is 6.60. The molecule has 1 fully saturated rings. The van der Waals surface area contributed by atoms with Crippen LogP contribution < -0.4 is 5.73 Å². The Kier molecular flexibility index (Phi) is 4.27. The maximum absolute atomic E-state index is 6.17. The summed E-state index contributed by atoms with van der Waals surface area (Å²) in [4.78, 5) is 0. The molecule has 1 saturated heterocycles. The van der Waals surface area contributed by atoms with Crippen LogP contribution in [-0.2, 0) is 23.8 Å². The maximum Gasteiger partial charge on any atom is 0.502 e. The van der Waals surface area contributed by atoms with Crippen molar-refractivity contribution in [2.24, 2.45) is 0 Å². The van der Waals surface area contributed by atoms with Crippen LogP contribution in [0.3, 0.4) is 0 Å². The quantitative estimate of drug-likeness (QED) is 0.677. The molecule has 1 aromatic rings. The van der Waals surface area contributed by atoms with Crippen molar-refractivity contribution in [3.63, 3.8) is 0 Å². The molecule has 19 heavy (non-hydrogen) atoms. The smallest absolute Gasteiger partial charge is 0.399 e. The Morgan fingerprint density at radius 2 is 1.79 bits per heavy atom. The second-order valence-corrected chi connectivity index (χ2v) is 7.51. The van der Waals surface area contributed by atoms with Crippen molar-refractivity contribution >= 4 is 14.5 Å². The normalized spacial score (nSPS) is 26.3. The first-order valence-corrected chi connectivity index (χ1v) is 8.24. The standard InChI is InChI=1S/C13H21NO4Si/c1-15-13(11-5-7-12(14)8-6-11)9-4-10-19(16-2,17-3)18-13/h5-8H,4,9-10,14H2,1-3H3. The predicted molar refractivity (Wildman–Crippen MR) is 74.4 cm³/mol. The predicted octanol–water partition coefficient (Wildman–Crippen LogP) is 2.11. The van der Waals surface area contributed by atoms with Crippen molar-refractivity contribution in [2.45, 2.75) is 24.7 Å². The van der Waals surface area contributed by atoms with Crippen molar-refractivity contribution in [3.8, 4) is 0 Å². The van der Waals surface area contributed by atoms with Crippen molar-refractivity contribution < 1.29 is 18.0 Å². The van der Waals surface area contributed by atoms with E-state index in [2.05, 4.69) is 0 Å². The number of rotatable bonds is 4. The number of ether oxygens (including phenoxy) is 1. The van der Waals surface area contributed by atoms with Crippen LogP contribution in [0.15, 0.2) is 24.3 Å². The van der Waals surface area contributed by atoms with Gasteiger partial charge in [0.05, 0.1) is 0 Å². The van der Waals surface area contributed by atoms with E-state index in [4.69, 9.17) is 23.7 Å². The summed E-state index contributed by atoms with van der Waals surface area (Å²) < 4.78 is 22.9. The minimum Gasteiger partial charge on any atom is -0.399 e. The van der Waals surface area contributed by atoms with Gasteiger partial charge >= 0.3 is 8.80 Å². The second kappa shape index (κ2) is 5.60. The van der Waals surface area contributed by atoms with Crippen LogP contribution in [0.1, 0.15) is 18.4 Å². The van der Waals surface area contributed by atoms with Gasteiger partial charge in [-0.15, -0.1) is 0 Å². The lowest BCUT2D eigenvalue weighted by Gasteiger charge is -2.43. The average Bonchev–Trinajstić information content (AvgIpc) is 2.47. The summed E-state index contributed by atoms with van der Waals surface area (Å²) in [5, 5.41) is 0. The van der Waals surface area contributed by atoms with Gasteiger partial charge in [-0.05, 0) is 18.6 Å². The molecule has 5 nitrogen and oxygen atoms in total. The fourth-order valence-corrected chi connectivity index (χ4v) is 4.72. The molecule has 1 unspecified atom stereocenters. The van der Waals surface area contributed by atoms with E-state index in [-0.39, 0.29) is 0 Å². The van der Waals surface area contributed by atoms with Gasteiger partial charge in [0.15, 0.2) is 5.79 Å². The number of nitrogens with two attached hydrogens (primary N) is 1. The van der Waals surface area contributed by atoms with Crippen LogP contribution in [0, 0.1) is 0 Å². The molecule has 2 rings (SSSR count). The molecule has 0 aliphatic carbocycles. The van der Waals surface area contributed by atoms with Gasteiger partial charge in [0.2, 0.25) is 0 Å². The summed E-state index contributed by atoms with van der Waals surface area (Å²) in [5.41, 5.74) is 7.38. The van der Waals surface area contributed by atoms with Gasteiger partial charge in [-0.2, -0.15) is 0 Å². The lowest BCUT2D eigenvalue weighted by Crippen LogP contribution is -2.54. The molecule has 1 aromatic carbocycles. The summed E-state index contributed by atoms with van der Waals surface area (Å²) in [6, 6.07) is 8.34. The summed E-state index contributed by atoms with van der Waals surface area (Å²) in [7, 11) is 2.26. The monoisotopic (exact) mass is 283 g/mol. The van der Waals surface area contributed by atoms with Crippen molar-refractivity contribution in [3.05, 3.63) is 29.8 Å². The van der Waals surface area contributed by atoms with Gasteiger partial charge in [-0.1, -0.05) is 12.1 Å². The molecular weight excluding hydrogens is 262 g/mol. The Hall–Kier alpha value is -0.923. The first kappa shape index (κ1) is 14.5. The van der Waals surface area contributed by atoms with E-state index >= 15 is 0 Å². The second-order valence-electron chi connectivity index (χ2n) is 4.63. The van der Waals surface area contributed by atoms with E-state index in [1.807, 2.05) is 24.3 Å². The van der Waals surface area contributed by atoms with Crippen LogP contribution in [0.4, 0.5) is 5.69 Å². The topological polar surface area (TPSA) is 62.9 Å². The number of methoxy groups -OCH3 is 1. The molecule has 2 N–H and O–H groups in total. The summed E-state index contributed by atoms with van der Waals surface area (Å²) in [6.45, 7) is 0. The van der Waals surface area contributed by atoms with Gasteiger partial charge in [0, 0.05) is 45.0 Å². The van der Waals surface area contributed by atoms with Gasteiger partial charge in [-0.25, -0.2) is 0 Å². The Labute approximate surface area is 115 Å². The zero-order valence-electron chi connectivity index (χ0n) is 11.6. The third-order valence-corrected chi connectivity index (χ3v) is 6.46. The molecule has 0 aromatic heterocycles. The molecule has 106 valence electrons. The first-order chi connectivity index (χ1) is 9.10. The van der Waals surface area contributed by atoms with Crippen LogP contribution in [0.2, 0.25) is 6.04 Å². The van der Waals surface area contributed by atoms with E-state index < -0.39 is 14.6 Å². The maximum atomic E-state index is 6.17. The number of nitrogen functional groups attached to an aromatic ring is 1. The van der Waals surface area contributed by atoms with E-state index in [9.17, 15) is 0 Å². The average molecular weight is 283 g/mol. The zero-order chi connectivity index (χ0) is 13.9. The highest BCUT2D eigenvalue weighted by Gasteiger charge is 2.52. The lowest BCUT2D eigenvalue weighted by atomic mass is 10.0. The fraction of sp³-hybridized carbons (Fsp3) is 0.538. The minimum atomic E-state index is -2.64. The van der Waals surface area contributed by atoms with Gasteiger partial charge in [0.1, 0.15) is 0 Å². The Bertz CT molecular complexity index is 421. The van der Waals surface area contributed by atoms with Crippen LogP contribution in [0.5, 0.6) is 0 Å². The summed E-state index contributed by atoms with van der Waals surface area (Å²) >= 11 is 0. The van der Waals surface area contributed by atoms with E-state index in [0.29, 0.717) is 5.69 Å². The molecule has 0 saturated carbocycles. The van der Waals surface area contributed by atoms with Crippen molar-refractivity contribution in [1.29, 1.82) is 0 Å². The third-order valence-electron chi connectivity index (χ3n) is 3.61. The molecule has 1 aliphatic heterocycles. The number of hydrogen-bond donors (Lipinski definition) is 1. The minimum absolute atomic E-state index is 0.716. The Balaban J connectivity index is 2.34. The molecule has 0 bridgehead atoms. The largest absolute Gasteiger partial charge is 0.502 e. The number of benzene rings is 1. The molecular formula is C13H21NO4Si. The Morgan fingerprint density at radius 1 is 1.16 bits per heavy atom. The SMILES string of the molecule is COC1(c2ccc(N)cc2)CCC[Si](OC)(OC)O1. The van der Waals surface area contributed by atoms with Crippen molar-refractivity contribution in [2.75, 3.05) is 27.1 Å². The molecule has 1 atom stereocenters. The lowest BCUT2D eigenvalue weighted by molar-refractivity contribution is -0.215. The van der Waals surface area contributed by atoms with Crippen LogP contribution in [-0.4, -0.2) is 30.1 Å². The van der Waals surface area contributed by atoms with E-state index in [1.165, 1.54) is 0 Å². The zero-order valence-corrected chi connectivity index (χ0v) is 12.6. The third kappa shape index (κ3) is 2.68. The van der Waals surface area contributed by atoms with Crippen molar-refractivity contribution in [1.82, 2.24) is 0 Å². The van der Waals surface area contributed by atoms with Crippen LogP contribution in [0.25, 0.3) is 0 Å².